The summed E-state index contributed by atoms with van der Waals surface area (Å²) < 4.78 is 5.78. The van der Waals surface area contributed by atoms with Crippen molar-refractivity contribution in [3.63, 3.8) is 0 Å². The number of hydrogen-bond acceptors (Lipinski definition) is 3. The average molecular weight is 352 g/mol. The van der Waals surface area contributed by atoms with Crippen molar-refractivity contribution in [1.29, 1.82) is 0 Å². The number of ketones is 1. The van der Waals surface area contributed by atoms with Crippen LogP contribution in [0.5, 0.6) is 5.75 Å². The maximum Gasteiger partial charge on any atom is 0.310 e. The number of benzene rings is 2. The first-order chi connectivity index (χ1) is 12.2. The molecule has 4 heteroatoms. The highest BCUT2D eigenvalue weighted by Crippen LogP contribution is 2.38. The third-order valence-corrected chi connectivity index (χ3v) is 5.24. The second-order valence-corrected chi connectivity index (χ2v) is 7.22. The summed E-state index contributed by atoms with van der Waals surface area (Å²) in [5.74, 6) is -1.04. The lowest BCUT2D eigenvalue weighted by Crippen LogP contribution is -2.15. The minimum absolute atomic E-state index is 0.0879. The summed E-state index contributed by atoms with van der Waals surface area (Å²) in [4.78, 5) is 25.0. The molecule has 0 bridgehead atoms. The van der Waals surface area contributed by atoms with Crippen molar-refractivity contribution in [3.05, 3.63) is 62.7 Å². The number of carboxylic acid groups (broad SMARTS) is 1. The summed E-state index contributed by atoms with van der Waals surface area (Å²) in [7, 11) is 0. The van der Waals surface area contributed by atoms with Gasteiger partial charge in [0.2, 0.25) is 0 Å². The van der Waals surface area contributed by atoms with E-state index in [0.29, 0.717) is 41.0 Å². The van der Waals surface area contributed by atoms with Crippen LogP contribution < -0.4 is 4.74 Å². The zero-order valence-corrected chi connectivity index (χ0v) is 15.9. The van der Waals surface area contributed by atoms with Gasteiger partial charge in [0.1, 0.15) is 5.75 Å². The van der Waals surface area contributed by atoms with Crippen molar-refractivity contribution in [3.8, 4) is 5.75 Å². The van der Waals surface area contributed by atoms with Crippen molar-refractivity contribution < 1.29 is 19.4 Å². The predicted octanol–water partition coefficient (Wildman–Crippen LogP) is 4.27. The molecule has 136 valence electrons. The third kappa shape index (κ3) is 2.90. The molecular formula is C22H24O4. The summed E-state index contributed by atoms with van der Waals surface area (Å²) in [6.07, 6.45) is 0.696. The summed E-state index contributed by atoms with van der Waals surface area (Å²) in [5.41, 5.74) is 6.46. The summed E-state index contributed by atoms with van der Waals surface area (Å²) in [6.45, 7) is 9.88. The van der Waals surface area contributed by atoms with Gasteiger partial charge in [-0.1, -0.05) is 23.8 Å². The van der Waals surface area contributed by atoms with Crippen molar-refractivity contribution in [2.45, 2.75) is 47.0 Å². The maximum atomic E-state index is 13.5. The van der Waals surface area contributed by atoms with Crippen LogP contribution in [0.3, 0.4) is 0 Å². The van der Waals surface area contributed by atoms with E-state index in [9.17, 15) is 14.7 Å². The molecule has 0 radical (unpaired) electrons. The van der Waals surface area contributed by atoms with E-state index in [4.69, 9.17) is 4.74 Å². The number of carbonyl (C=O) groups excluding carboxylic acids is 1. The lowest BCUT2D eigenvalue weighted by Gasteiger charge is -2.19. The van der Waals surface area contributed by atoms with Crippen molar-refractivity contribution >= 4 is 11.8 Å². The molecule has 1 unspecified atom stereocenters. The van der Waals surface area contributed by atoms with Gasteiger partial charge >= 0.3 is 5.97 Å². The minimum Gasteiger partial charge on any atom is -0.492 e. The molecule has 2 aromatic rings. The highest BCUT2D eigenvalue weighted by molar-refractivity contribution is 6.14. The fraction of sp³-hybridized carbons (Fsp3) is 0.364. The number of aliphatic carboxylic acids is 1. The number of hydrogen-bond donors (Lipinski definition) is 1. The molecule has 0 fully saturated rings. The fourth-order valence-electron chi connectivity index (χ4n) is 3.97. The van der Waals surface area contributed by atoms with Gasteiger partial charge in [0, 0.05) is 12.0 Å². The van der Waals surface area contributed by atoms with Crippen LogP contribution in [0, 0.1) is 27.7 Å². The Morgan fingerprint density at radius 2 is 1.65 bits per heavy atom. The standard InChI is InChI=1S/C22H24O4/c1-11-8-12(2)18(13(3)9-11)20(23)19-14(4)17(15(5)22(24)25)10-16-6-7-26-21(16)19/h8-10,15H,6-7H2,1-5H3,(H,24,25). The van der Waals surface area contributed by atoms with E-state index in [1.807, 2.05) is 45.9 Å². The Morgan fingerprint density at radius 1 is 1.04 bits per heavy atom. The molecule has 1 N–H and O–H groups in total. The van der Waals surface area contributed by atoms with Crippen LogP contribution in [-0.4, -0.2) is 23.5 Å². The number of ether oxygens (including phenoxy) is 1. The number of aryl methyl sites for hydroxylation is 3. The molecule has 0 saturated carbocycles. The van der Waals surface area contributed by atoms with E-state index < -0.39 is 11.9 Å². The molecular weight excluding hydrogens is 328 g/mol. The Hall–Kier alpha value is -2.62. The quantitative estimate of drug-likeness (QED) is 0.835. The fourth-order valence-corrected chi connectivity index (χ4v) is 3.97. The Balaban J connectivity index is 2.25. The largest absolute Gasteiger partial charge is 0.492 e. The maximum absolute atomic E-state index is 13.5. The molecule has 4 nitrogen and oxygen atoms in total. The lowest BCUT2D eigenvalue weighted by atomic mass is 9.85. The average Bonchev–Trinajstić information content (AvgIpc) is 3.00. The van der Waals surface area contributed by atoms with Gasteiger partial charge in [-0.05, 0) is 62.4 Å². The first kappa shape index (κ1) is 18.2. The molecule has 0 saturated heterocycles. The Labute approximate surface area is 153 Å². The Kier molecular flexibility index (Phi) is 4.61. The van der Waals surface area contributed by atoms with E-state index in [1.165, 1.54) is 0 Å². The third-order valence-electron chi connectivity index (χ3n) is 5.24. The normalized spacial score (nSPS) is 13.9. The Bertz CT molecular complexity index is 901. The zero-order valence-electron chi connectivity index (χ0n) is 15.9. The molecule has 3 rings (SSSR count). The van der Waals surface area contributed by atoms with Crippen molar-refractivity contribution in [2.75, 3.05) is 6.61 Å². The number of fused-ring (bicyclic) bond motifs is 1. The van der Waals surface area contributed by atoms with Crippen molar-refractivity contribution in [2.24, 2.45) is 0 Å². The van der Waals surface area contributed by atoms with Crippen LogP contribution in [0.25, 0.3) is 0 Å². The molecule has 2 aromatic carbocycles. The molecule has 0 aliphatic carbocycles. The minimum atomic E-state index is -0.895. The smallest absolute Gasteiger partial charge is 0.310 e. The van der Waals surface area contributed by atoms with E-state index >= 15 is 0 Å². The first-order valence-corrected chi connectivity index (χ1v) is 8.86. The van der Waals surface area contributed by atoms with Gasteiger partial charge in [-0.3, -0.25) is 9.59 Å². The van der Waals surface area contributed by atoms with E-state index in [2.05, 4.69) is 0 Å². The lowest BCUT2D eigenvalue weighted by molar-refractivity contribution is -0.138. The van der Waals surface area contributed by atoms with E-state index in [0.717, 1.165) is 22.3 Å². The highest BCUT2D eigenvalue weighted by Gasteiger charge is 2.30. The number of rotatable bonds is 4. The van der Waals surface area contributed by atoms with E-state index in [-0.39, 0.29) is 5.78 Å². The van der Waals surface area contributed by atoms with Crippen LogP contribution in [0.2, 0.25) is 0 Å². The number of carbonyl (C=O) groups is 2. The summed E-state index contributed by atoms with van der Waals surface area (Å²) >= 11 is 0. The molecule has 0 spiro atoms. The van der Waals surface area contributed by atoms with Gasteiger partial charge in [0.15, 0.2) is 5.78 Å². The van der Waals surface area contributed by atoms with Gasteiger partial charge < -0.3 is 9.84 Å². The van der Waals surface area contributed by atoms with Crippen LogP contribution in [0.15, 0.2) is 18.2 Å². The van der Waals surface area contributed by atoms with Gasteiger partial charge in [0.05, 0.1) is 18.1 Å². The summed E-state index contributed by atoms with van der Waals surface area (Å²) in [5, 5.41) is 9.46. The van der Waals surface area contributed by atoms with Gasteiger partial charge in [-0.15, -0.1) is 0 Å². The van der Waals surface area contributed by atoms with E-state index in [1.54, 1.807) is 6.92 Å². The first-order valence-electron chi connectivity index (χ1n) is 8.86. The SMILES string of the molecule is Cc1cc(C)c(C(=O)c2c(C)c(C(C)C(=O)O)cc3c2OCC3)c(C)c1. The second kappa shape index (κ2) is 6.60. The van der Waals surface area contributed by atoms with Gasteiger partial charge in [-0.2, -0.15) is 0 Å². The van der Waals surface area contributed by atoms with Gasteiger partial charge in [-0.25, -0.2) is 0 Å². The molecule has 0 amide bonds. The summed E-state index contributed by atoms with van der Waals surface area (Å²) in [6, 6.07) is 5.89. The molecule has 0 aromatic heterocycles. The molecule has 1 heterocycles. The molecule has 26 heavy (non-hydrogen) atoms. The topological polar surface area (TPSA) is 63.6 Å². The predicted molar refractivity (Wildman–Crippen MR) is 101 cm³/mol. The van der Waals surface area contributed by atoms with Crippen LogP contribution >= 0.6 is 0 Å². The highest BCUT2D eigenvalue weighted by atomic mass is 16.5. The van der Waals surface area contributed by atoms with Gasteiger partial charge in [0.25, 0.3) is 0 Å². The van der Waals surface area contributed by atoms with Crippen LogP contribution in [0.1, 0.15) is 62.1 Å². The molecule has 1 aliphatic rings. The zero-order chi connectivity index (χ0) is 19.2. The molecule has 1 atom stereocenters. The monoisotopic (exact) mass is 352 g/mol. The molecule has 1 aliphatic heterocycles. The van der Waals surface area contributed by atoms with Crippen LogP contribution in [0.4, 0.5) is 0 Å². The van der Waals surface area contributed by atoms with Crippen LogP contribution in [-0.2, 0) is 11.2 Å². The van der Waals surface area contributed by atoms with Crippen molar-refractivity contribution in [1.82, 2.24) is 0 Å². The number of carboxylic acids is 1. The Morgan fingerprint density at radius 3 is 2.23 bits per heavy atom. The second-order valence-electron chi connectivity index (χ2n) is 7.22.